The normalized spacial score (nSPS) is 18.5. The molecule has 0 saturated carbocycles. The van der Waals surface area contributed by atoms with E-state index in [4.69, 9.17) is 16.3 Å². The van der Waals surface area contributed by atoms with Gasteiger partial charge in [-0.2, -0.15) is 4.31 Å². The fourth-order valence-electron chi connectivity index (χ4n) is 4.26. The zero-order valence-corrected chi connectivity index (χ0v) is 19.4. The summed E-state index contributed by atoms with van der Waals surface area (Å²) >= 11 is 6.05. The zero-order valence-electron chi connectivity index (χ0n) is 17.8. The molecule has 2 aliphatic heterocycles. The zero-order chi connectivity index (χ0) is 23.0. The molecule has 170 valence electrons. The number of benzene rings is 2. The van der Waals surface area contributed by atoms with E-state index in [-0.39, 0.29) is 17.2 Å². The lowest BCUT2D eigenvalue weighted by Crippen LogP contribution is -2.44. The number of nitrogens with one attached hydrogen (secondary N) is 1. The summed E-state index contributed by atoms with van der Waals surface area (Å²) in [6.07, 6.45) is 1.89. The molecular formula is C22H24ClN3O5S. The summed E-state index contributed by atoms with van der Waals surface area (Å²) in [5.74, 6) is -0.287. The highest BCUT2D eigenvalue weighted by atomic mass is 35.5. The lowest BCUT2D eigenvalue weighted by molar-refractivity contribution is -0.122. The van der Waals surface area contributed by atoms with Gasteiger partial charge < -0.3 is 10.1 Å². The van der Waals surface area contributed by atoms with Gasteiger partial charge in [-0.25, -0.2) is 8.42 Å². The number of fused-ring (bicyclic) bond motifs is 1. The molecule has 10 heteroatoms. The number of anilines is 2. The quantitative estimate of drug-likeness (QED) is 0.714. The average molecular weight is 478 g/mol. The van der Waals surface area contributed by atoms with Crippen LogP contribution in [0.3, 0.4) is 0 Å². The van der Waals surface area contributed by atoms with Crippen LogP contribution in [-0.2, 0) is 26.0 Å². The molecule has 4 rings (SSSR count). The van der Waals surface area contributed by atoms with Crippen LogP contribution >= 0.6 is 11.6 Å². The summed E-state index contributed by atoms with van der Waals surface area (Å²) < 4.78 is 32.6. The molecule has 32 heavy (non-hydrogen) atoms. The number of methoxy groups -OCH3 is 1. The Balaban J connectivity index is 1.63. The number of carbonyl (C=O) groups is 2. The van der Waals surface area contributed by atoms with E-state index >= 15 is 0 Å². The molecule has 0 aromatic heterocycles. The lowest BCUT2D eigenvalue weighted by atomic mass is 10.1. The molecule has 1 atom stereocenters. The highest BCUT2D eigenvalue weighted by Crippen LogP contribution is 2.36. The van der Waals surface area contributed by atoms with E-state index in [2.05, 4.69) is 5.32 Å². The van der Waals surface area contributed by atoms with Gasteiger partial charge in [0.2, 0.25) is 21.8 Å². The Morgan fingerprint density at radius 3 is 2.50 bits per heavy atom. The molecule has 2 amide bonds. The summed E-state index contributed by atoms with van der Waals surface area (Å²) in [7, 11) is -2.12. The third kappa shape index (κ3) is 4.07. The number of halogens is 1. The van der Waals surface area contributed by atoms with Gasteiger partial charge in [-0.3, -0.25) is 14.5 Å². The standard InChI is InChI=1S/C22H24ClN3O5S/c1-14(27)26-19-7-6-17(32(29,30)25-9-3-4-10-25)11-15(19)12-20(26)22(28)24-18-13-16(23)5-8-21(18)31-2/h5-8,11,13,20H,3-4,9-10,12H2,1-2H3,(H,24,28)/t20-/m1/s1. The molecule has 0 unspecified atom stereocenters. The summed E-state index contributed by atoms with van der Waals surface area (Å²) in [4.78, 5) is 27.1. The molecular weight excluding hydrogens is 454 g/mol. The van der Waals surface area contributed by atoms with Crippen LogP contribution in [0.1, 0.15) is 25.3 Å². The minimum Gasteiger partial charge on any atom is -0.495 e. The number of nitrogens with zero attached hydrogens (tertiary/aromatic N) is 2. The van der Waals surface area contributed by atoms with Crippen molar-refractivity contribution in [2.45, 2.75) is 37.1 Å². The van der Waals surface area contributed by atoms with Crippen molar-refractivity contribution < 1.29 is 22.7 Å². The van der Waals surface area contributed by atoms with Crippen molar-refractivity contribution in [1.82, 2.24) is 4.31 Å². The van der Waals surface area contributed by atoms with Gasteiger partial charge in [-0.15, -0.1) is 0 Å². The third-order valence-corrected chi connectivity index (χ3v) is 7.93. The van der Waals surface area contributed by atoms with Crippen molar-refractivity contribution in [3.63, 3.8) is 0 Å². The fourth-order valence-corrected chi connectivity index (χ4v) is 6.00. The first-order valence-corrected chi connectivity index (χ1v) is 12.1. The van der Waals surface area contributed by atoms with Crippen molar-refractivity contribution in [2.75, 3.05) is 30.4 Å². The van der Waals surface area contributed by atoms with Crippen molar-refractivity contribution in [3.05, 3.63) is 47.0 Å². The minimum absolute atomic E-state index is 0.180. The maximum atomic E-state index is 13.1. The minimum atomic E-state index is -3.60. The predicted molar refractivity (Wildman–Crippen MR) is 122 cm³/mol. The number of rotatable bonds is 5. The number of amides is 2. The van der Waals surface area contributed by atoms with Gasteiger partial charge in [0.15, 0.2) is 0 Å². The maximum Gasteiger partial charge on any atom is 0.248 e. The van der Waals surface area contributed by atoms with Crippen LogP contribution in [0, 0.1) is 0 Å². The van der Waals surface area contributed by atoms with Gasteiger partial charge >= 0.3 is 0 Å². The number of sulfonamides is 1. The highest BCUT2D eigenvalue weighted by Gasteiger charge is 2.38. The van der Waals surface area contributed by atoms with Crippen LogP contribution in [0.25, 0.3) is 0 Å². The van der Waals surface area contributed by atoms with Crippen LogP contribution in [0.15, 0.2) is 41.3 Å². The lowest BCUT2D eigenvalue weighted by Gasteiger charge is -2.24. The van der Waals surface area contributed by atoms with Gasteiger partial charge in [0.1, 0.15) is 11.8 Å². The Labute approximate surface area is 192 Å². The predicted octanol–water partition coefficient (Wildman–Crippen LogP) is 3.05. The molecule has 2 aromatic carbocycles. The summed E-state index contributed by atoms with van der Waals surface area (Å²) in [6.45, 7) is 2.39. The summed E-state index contributed by atoms with van der Waals surface area (Å²) in [6, 6.07) is 8.71. The number of hydrogen-bond donors (Lipinski definition) is 1. The SMILES string of the molecule is COc1ccc(Cl)cc1NC(=O)[C@H]1Cc2cc(S(=O)(=O)N3CCCC3)ccc2N1C(C)=O. The van der Waals surface area contributed by atoms with Gasteiger partial charge in [0, 0.05) is 37.1 Å². The first-order chi connectivity index (χ1) is 15.2. The van der Waals surface area contributed by atoms with Crippen LogP contribution in [0.2, 0.25) is 5.02 Å². The van der Waals surface area contributed by atoms with Gasteiger partial charge in [-0.05, 0) is 54.8 Å². The van der Waals surface area contributed by atoms with Crippen LogP contribution in [0.4, 0.5) is 11.4 Å². The first-order valence-electron chi connectivity index (χ1n) is 10.3. The topological polar surface area (TPSA) is 96.0 Å². The second-order valence-electron chi connectivity index (χ2n) is 7.84. The van der Waals surface area contributed by atoms with Gasteiger partial charge in [0.25, 0.3) is 0 Å². The molecule has 2 aromatic rings. The number of carbonyl (C=O) groups excluding carboxylic acids is 2. The Morgan fingerprint density at radius 1 is 1.12 bits per heavy atom. The van der Waals surface area contributed by atoms with E-state index in [1.54, 1.807) is 30.3 Å². The molecule has 1 saturated heterocycles. The van der Waals surface area contributed by atoms with Crippen molar-refractivity contribution in [1.29, 1.82) is 0 Å². The molecule has 0 spiro atoms. The smallest absolute Gasteiger partial charge is 0.248 e. The highest BCUT2D eigenvalue weighted by molar-refractivity contribution is 7.89. The van der Waals surface area contributed by atoms with Crippen LogP contribution in [0.5, 0.6) is 5.75 Å². The molecule has 2 aliphatic rings. The Bertz CT molecular complexity index is 1180. The molecule has 2 heterocycles. The summed E-state index contributed by atoms with van der Waals surface area (Å²) in [5.41, 5.74) is 1.57. The van der Waals surface area contributed by atoms with E-state index in [1.807, 2.05) is 0 Å². The van der Waals surface area contributed by atoms with Crippen LogP contribution in [-0.4, -0.2) is 50.8 Å². The van der Waals surface area contributed by atoms with Crippen LogP contribution < -0.4 is 15.0 Å². The monoisotopic (exact) mass is 477 g/mol. The maximum absolute atomic E-state index is 13.1. The Hall–Kier alpha value is -2.62. The first kappa shape index (κ1) is 22.6. The van der Waals surface area contributed by atoms with E-state index in [9.17, 15) is 18.0 Å². The molecule has 0 aliphatic carbocycles. The largest absolute Gasteiger partial charge is 0.495 e. The molecule has 0 radical (unpaired) electrons. The second kappa shape index (κ2) is 8.73. The Morgan fingerprint density at radius 2 is 1.84 bits per heavy atom. The van der Waals surface area contributed by atoms with Crippen molar-refractivity contribution in [3.8, 4) is 5.75 Å². The molecule has 8 nitrogen and oxygen atoms in total. The average Bonchev–Trinajstić information content (AvgIpc) is 3.42. The van der Waals surface area contributed by atoms with E-state index in [0.717, 1.165) is 12.8 Å². The number of hydrogen-bond acceptors (Lipinski definition) is 5. The Kier molecular flexibility index (Phi) is 6.15. The van der Waals surface area contributed by atoms with Crippen molar-refractivity contribution in [2.24, 2.45) is 0 Å². The van der Waals surface area contributed by atoms with Gasteiger partial charge in [-0.1, -0.05) is 11.6 Å². The van der Waals surface area contributed by atoms with E-state index in [1.165, 1.54) is 29.3 Å². The van der Waals surface area contributed by atoms with E-state index < -0.39 is 22.0 Å². The molecule has 1 N–H and O–H groups in total. The van der Waals surface area contributed by atoms with Gasteiger partial charge in [0.05, 0.1) is 17.7 Å². The van der Waals surface area contributed by atoms with E-state index in [0.29, 0.717) is 40.8 Å². The summed E-state index contributed by atoms with van der Waals surface area (Å²) in [5, 5.41) is 3.21. The third-order valence-electron chi connectivity index (χ3n) is 5.80. The molecule has 0 bridgehead atoms. The fraction of sp³-hybridized carbons (Fsp3) is 0.364. The van der Waals surface area contributed by atoms with Crippen molar-refractivity contribution >= 4 is 44.8 Å². The number of ether oxygens (including phenoxy) is 1. The second-order valence-corrected chi connectivity index (χ2v) is 10.2. The molecule has 1 fully saturated rings.